The van der Waals surface area contributed by atoms with E-state index in [9.17, 15) is 19.5 Å². The topological polar surface area (TPSA) is 95.9 Å². The van der Waals surface area contributed by atoms with Crippen molar-refractivity contribution in [3.05, 3.63) is 35.9 Å². The predicted molar refractivity (Wildman–Crippen MR) is 126 cm³/mol. The number of amides is 1. The summed E-state index contributed by atoms with van der Waals surface area (Å²) in [4.78, 5) is 40.3. The quantitative estimate of drug-likeness (QED) is 0.521. The van der Waals surface area contributed by atoms with Gasteiger partial charge in [0.1, 0.15) is 11.6 Å². The first-order valence-corrected chi connectivity index (χ1v) is 12.4. The summed E-state index contributed by atoms with van der Waals surface area (Å²) in [5, 5.41) is 13.4. The molecule has 1 saturated carbocycles. The summed E-state index contributed by atoms with van der Waals surface area (Å²) in [6, 6.07) is 8.55. The van der Waals surface area contributed by atoms with E-state index in [2.05, 4.69) is 5.32 Å². The molecule has 1 aromatic carbocycles. The van der Waals surface area contributed by atoms with Crippen LogP contribution >= 0.6 is 0 Å². The first-order valence-electron chi connectivity index (χ1n) is 12.4. The molecular formula is C26H38N2O5. The van der Waals surface area contributed by atoms with Gasteiger partial charge in [0.05, 0.1) is 12.6 Å². The van der Waals surface area contributed by atoms with Crippen LogP contribution in [0.25, 0.3) is 0 Å². The Bertz CT molecular complexity index is 808. The molecule has 0 aromatic heterocycles. The van der Waals surface area contributed by atoms with Gasteiger partial charge >= 0.3 is 11.9 Å². The molecule has 2 aliphatic rings. The lowest BCUT2D eigenvalue weighted by Crippen LogP contribution is -2.62. The highest BCUT2D eigenvalue weighted by molar-refractivity contribution is 5.91. The van der Waals surface area contributed by atoms with Gasteiger partial charge in [0.15, 0.2) is 0 Å². The first-order chi connectivity index (χ1) is 15.9. The van der Waals surface area contributed by atoms with Gasteiger partial charge in [-0.25, -0.2) is 4.79 Å². The number of esters is 1. The van der Waals surface area contributed by atoms with Crippen molar-refractivity contribution in [1.29, 1.82) is 0 Å². The molecule has 33 heavy (non-hydrogen) atoms. The second kappa shape index (κ2) is 11.6. The van der Waals surface area contributed by atoms with Gasteiger partial charge in [-0.05, 0) is 63.9 Å². The van der Waals surface area contributed by atoms with E-state index < -0.39 is 23.6 Å². The maximum atomic E-state index is 13.5. The zero-order valence-corrected chi connectivity index (χ0v) is 19.9. The van der Waals surface area contributed by atoms with Gasteiger partial charge in [-0.3, -0.25) is 14.9 Å². The zero-order chi connectivity index (χ0) is 23.8. The summed E-state index contributed by atoms with van der Waals surface area (Å²) >= 11 is 0. The fourth-order valence-corrected chi connectivity index (χ4v) is 5.62. The van der Waals surface area contributed by atoms with E-state index in [4.69, 9.17) is 4.74 Å². The molecule has 0 radical (unpaired) electrons. The van der Waals surface area contributed by atoms with Gasteiger partial charge in [-0.15, -0.1) is 0 Å². The lowest BCUT2D eigenvalue weighted by atomic mass is 9.73. The summed E-state index contributed by atoms with van der Waals surface area (Å²) in [5.74, 6) is -1.53. The van der Waals surface area contributed by atoms with Gasteiger partial charge < -0.3 is 14.7 Å². The van der Waals surface area contributed by atoms with E-state index in [1.54, 1.807) is 18.7 Å². The fourth-order valence-electron chi connectivity index (χ4n) is 5.62. The number of hydrogen-bond donors (Lipinski definition) is 2. The smallest absolute Gasteiger partial charge is 0.329 e. The number of nitrogens with one attached hydrogen (secondary N) is 1. The molecule has 1 saturated heterocycles. The summed E-state index contributed by atoms with van der Waals surface area (Å²) in [7, 11) is 0. The highest BCUT2D eigenvalue weighted by Crippen LogP contribution is 2.43. The van der Waals surface area contributed by atoms with E-state index in [0.717, 1.165) is 37.7 Å². The SMILES string of the molecule is CCOC(=O)[C@H](CCc1ccccc1)NC(C)C(=O)N1CCC[C@@]1(C(=O)O)C1CCCCC1. The molecule has 7 heteroatoms. The Hall–Kier alpha value is -2.41. The third-order valence-electron chi connectivity index (χ3n) is 7.30. The number of rotatable bonds is 10. The molecule has 7 nitrogen and oxygen atoms in total. The van der Waals surface area contributed by atoms with Crippen molar-refractivity contribution >= 4 is 17.8 Å². The number of aliphatic carboxylic acids is 1. The number of nitrogens with zero attached hydrogens (tertiary/aromatic N) is 1. The number of hydrogen-bond acceptors (Lipinski definition) is 5. The van der Waals surface area contributed by atoms with Crippen LogP contribution in [-0.4, -0.2) is 58.6 Å². The molecule has 182 valence electrons. The molecule has 1 amide bonds. The van der Waals surface area contributed by atoms with Crippen LogP contribution in [0.5, 0.6) is 0 Å². The zero-order valence-electron chi connectivity index (χ0n) is 19.9. The number of likely N-dealkylation sites (tertiary alicyclic amines) is 1. The lowest BCUT2D eigenvalue weighted by Gasteiger charge is -2.43. The molecule has 1 unspecified atom stereocenters. The summed E-state index contributed by atoms with van der Waals surface area (Å²) in [5.41, 5.74) is -0.0222. The van der Waals surface area contributed by atoms with Crippen LogP contribution in [-0.2, 0) is 25.5 Å². The minimum absolute atomic E-state index is 0.0127. The van der Waals surface area contributed by atoms with E-state index in [-0.39, 0.29) is 24.4 Å². The summed E-state index contributed by atoms with van der Waals surface area (Å²) in [6.45, 7) is 4.20. The minimum atomic E-state index is -1.13. The van der Waals surface area contributed by atoms with Crippen molar-refractivity contribution in [3.8, 4) is 0 Å². The van der Waals surface area contributed by atoms with Gasteiger partial charge in [0.25, 0.3) is 0 Å². The average molecular weight is 459 g/mol. The van der Waals surface area contributed by atoms with Gasteiger partial charge in [-0.1, -0.05) is 49.6 Å². The van der Waals surface area contributed by atoms with Crippen LogP contribution < -0.4 is 5.32 Å². The van der Waals surface area contributed by atoms with Gasteiger partial charge in [0.2, 0.25) is 5.91 Å². The molecule has 0 spiro atoms. The van der Waals surface area contributed by atoms with Gasteiger partial charge in [-0.2, -0.15) is 0 Å². The third-order valence-corrected chi connectivity index (χ3v) is 7.30. The monoisotopic (exact) mass is 458 g/mol. The molecule has 3 atom stereocenters. The number of ether oxygens (including phenoxy) is 1. The van der Waals surface area contributed by atoms with E-state index in [1.165, 1.54) is 0 Å². The van der Waals surface area contributed by atoms with Crippen molar-refractivity contribution in [2.24, 2.45) is 5.92 Å². The maximum absolute atomic E-state index is 13.5. The molecule has 2 N–H and O–H groups in total. The van der Waals surface area contributed by atoms with Crippen molar-refractivity contribution < 1.29 is 24.2 Å². The molecule has 0 bridgehead atoms. The molecule has 1 aliphatic heterocycles. The van der Waals surface area contributed by atoms with Gasteiger partial charge in [0, 0.05) is 6.54 Å². The molecule has 3 rings (SSSR count). The number of benzene rings is 1. The Morgan fingerprint density at radius 3 is 2.48 bits per heavy atom. The van der Waals surface area contributed by atoms with Crippen molar-refractivity contribution in [2.75, 3.05) is 13.2 Å². The largest absolute Gasteiger partial charge is 0.479 e. The van der Waals surface area contributed by atoms with Crippen LogP contribution in [0.2, 0.25) is 0 Å². The van der Waals surface area contributed by atoms with E-state index in [1.807, 2.05) is 30.3 Å². The Balaban J connectivity index is 1.73. The average Bonchev–Trinajstić information content (AvgIpc) is 3.29. The maximum Gasteiger partial charge on any atom is 0.329 e. The van der Waals surface area contributed by atoms with Crippen LogP contribution in [0.4, 0.5) is 0 Å². The van der Waals surface area contributed by atoms with Crippen LogP contribution in [0.1, 0.15) is 70.8 Å². The molecule has 1 aromatic rings. The fraction of sp³-hybridized carbons (Fsp3) is 0.654. The van der Waals surface area contributed by atoms with Crippen LogP contribution in [0.3, 0.4) is 0 Å². The molecule has 1 aliphatic carbocycles. The number of carboxylic acid groups (broad SMARTS) is 1. The Kier molecular flexibility index (Phi) is 8.89. The standard InChI is InChI=1S/C26H38N2O5/c1-3-33-24(30)22(16-15-20-11-6-4-7-12-20)27-19(2)23(29)28-18-10-17-26(28,25(31)32)21-13-8-5-9-14-21/h4,6-7,11-12,19,21-22,27H,3,5,8-10,13-18H2,1-2H3,(H,31,32)/t19?,22-,26-/m0/s1. The van der Waals surface area contributed by atoms with Crippen molar-refractivity contribution in [3.63, 3.8) is 0 Å². The number of aryl methyl sites for hydroxylation is 1. The molecular weight excluding hydrogens is 420 g/mol. The third kappa shape index (κ3) is 5.75. The number of carbonyl (C=O) groups is 3. The predicted octanol–water partition coefficient (Wildman–Crippen LogP) is 3.56. The summed E-state index contributed by atoms with van der Waals surface area (Å²) in [6.07, 6.45) is 7.20. The van der Waals surface area contributed by atoms with Crippen molar-refractivity contribution in [2.45, 2.75) is 89.3 Å². The highest BCUT2D eigenvalue weighted by Gasteiger charge is 2.55. The Labute approximate surface area is 196 Å². The van der Waals surface area contributed by atoms with E-state index in [0.29, 0.717) is 32.2 Å². The first kappa shape index (κ1) is 25.2. The normalized spacial score (nSPS) is 23.2. The van der Waals surface area contributed by atoms with Crippen LogP contribution in [0, 0.1) is 5.92 Å². The van der Waals surface area contributed by atoms with Crippen LogP contribution in [0.15, 0.2) is 30.3 Å². The number of carboxylic acids is 1. The van der Waals surface area contributed by atoms with Crippen molar-refractivity contribution in [1.82, 2.24) is 10.2 Å². The lowest BCUT2D eigenvalue weighted by molar-refractivity contribution is -0.162. The summed E-state index contributed by atoms with van der Waals surface area (Å²) < 4.78 is 5.25. The molecule has 2 fully saturated rings. The second-order valence-corrected chi connectivity index (χ2v) is 9.38. The highest BCUT2D eigenvalue weighted by atomic mass is 16.5. The number of carbonyl (C=O) groups excluding carboxylic acids is 2. The molecule has 1 heterocycles. The second-order valence-electron chi connectivity index (χ2n) is 9.38. The Morgan fingerprint density at radius 1 is 1.15 bits per heavy atom. The Morgan fingerprint density at radius 2 is 1.85 bits per heavy atom. The van der Waals surface area contributed by atoms with E-state index >= 15 is 0 Å². The minimum Gasteiger partial charge on any atom is -0.479 e.